The molecule has 1 amide bonds. The lowest BCUT2D eigenvalue weighted by Gasteiger charge is -2.06. The molecular formula is C14H13FN2O2. The van der Waals surface area contributed by atoms with E-state index in [1.165, 1.54) is 24.3 Å². The molecule has 0 aliphatic carbocycles. The Morgan fingerprint density at radius 1 is 1.21 bits per heavy atom. The minimum absolute atomic E-state index is 0.180. The van der Waals surface area contributed by atoms with Crippen LogP contribution in [0.1, 0.15) is 6.42 Å². The summed E-state index contributed by atoms with van der Waals surface area (Å²) in [6.45, 7) is 0.226. The summed E-state index contributed by atoms with van der Waals surface area (Å²) >= 11 is 0. The Morgan fingerprint density at radius 3 is 2.68 bits per heavy atom. The number of nitrogens with zero attached hydrogens (tertiary/aromatic N) is 1. The van der Waals surface area contributed by atoms with Crippen LogP contribution in [0.15, 0.2) is 48.7 Å². The van der Waals surface area contributed by atoms with E-state index in [-0.39, 0.29) is 24.8 Å². The van der Waals surface area contributed by atoms with Gasteiger partial charge < -0.3 is 10.1 Å². The highest BCUT2D eigenvalue weighted by molar-refractivity contribution is 5.89. The van der Waals surface area contributed by atoms with E-state index in [9.17, 15) is 9.18 Å². The second kappa shape index (κ2) is 6.49. The number of hydrogen-bond donors (Lipinski definition) is 1. The van der Waals surface area contributed by atoms with Gasteiger partial charge in [-0.05, 0) is 36.4 Å². The Labute approximate surface area is 110 Å². The standard InChI is InChI=1S/C14H13FN2O2/c15-11-4-6-12(7-5-11)19-10-8-14(18)17-13-3-1-2-9-16-13/h1-7,9H,8,10H2,(H,16,17,18). The van der Waals surface area contributed by atoms with Crippen LogP contribution >= 0.6 is 0 Å². The summed E-state index contributed by atoms with van der Waals surface area (Å²) in [6.07, 6.45) is 1.80. The normalized spacial score (nSPS) is 9.95. The number of pyridine rings is 1. The maximum Gasteiger partial charge on any atom is 0.228 e. The first-order chi connectivity index (χ1) is 9.24. The van der Waals surface area contributed by atoms with Crippen molar-refractivity contribution in [3.8, 4) is 5.75 Å². The Bertz CT molecular complexity index is 529. The van der Waals surface area contributed by atoms with E-state index in [0.717, 1.165) is 0 Å². The molecular weight excluding hydrogens is 247 g/mol. The lowest BCUT2D eigenvalue weighted by molar-refractivity contribution is -0.116. The van der Waals surface area contributed by atoms with Crippen molar-refractivity contribution < 1.29 is 13.9 Å². The maximum absolute atomic E-state index is 12.7. The topological polar surface area (TPSA) is 51.2 Å². The van der Waals surface area contributed by atoms with E-state index >= 15 is 0 Å². The SMILES string of the molecule is O=C(CCOc1ccc(F)cc1)Nc1ccccn1. The fourth-order valence-electron chi connectivity index (χ4n) is 1.43. The number of aromatic nitrogens is 1. The zero-order valence-corrected chi connectivity index (χ0v) is 10.2. The second-order valence-electron chi connectivity index (χ2n) is 3.82. The van der Waals surface area contributed by atoms with Crippen LogP contribution < -0.4 is 10.1 Å². The Balaban J connectivity index is 1.74. The van der Waals surface area contributed by atoms with E-state index < -0.39 is 0 Å². The van der Waals surface area contributed by atoms with Gasteiger partial charge in [0.05, 0.1) is 13.0 Å². The Kier molecular flexibility index (Phi) is 4.44. The zero-order chi connectivity index (χ0) is 13.5. The first kappa shape index (κ1) is 13.0. The number of amides is 1. The van der Waals surface area contributed by atoms with Gasteiger partial charge in [0, 0.05) is 6.20 Å². The predicted octanol–water partition coefficient (Wildman–Crippen LogP) is 2.63. The molecule has 0 atom stereocenters. The molecule has 1 aromatic heterocycles. The molecule has 0 radical (unpaired) electrons. The first-order valence-electron chi connectivity index (χ1n) is 5.83. The van der Waals surface area contributed by atoms with Gasteiger partial charge in [0.25, 0.3) is 0 Å². The van der Waals surface area contributed by atoms with Crippen molar-refractivity contribution in [3.05, 3.63) is 54.5 Å². The molecule has 5 heteroatoms. The van der Waals surface area contributed by atoms with Crippen LogP contribution in [-0.2, 0) is 4.79 Å². The van der Waals surface area contributed by atoms with Crippen molar-refractivity contribution in [1.82, 2.24) is 4.98 Å². The molecule has 0 aliphatic rings. The number of rotatable bonds is 5. The van der Waals surface area contributed by atoms with Crippen LogP contribution in [0.5, 0.6) is 5.75 Å². The van der Waals surface area contributed by atoms with E-state index in [0.29, 0.717) is 11.6 Å². The quantitative estimate of drug-likeness (QED) is 0.899. The highest BCUT2D eigenvalue weighted by Gasteiger charge is 2.03. The number of ether oxygens (including phenoxy) is 1. The van der Waals surface area contributed by atoms with Gasteiger partial charge in [-0.25, -0.2) is 9.37 Å². The fourth-order valence-corrected chi connectivity index (χ4v) is 1.43. The average molecular weight is 260 g/mol. The van der Waals surface area contributed by atoms with Crippen molar-refractivity contribution in [2.75, 3.05) is 11.9 Å². The molecule has 4 nitrogen and oxygen atoms in total. The molecule has 1 heterocycles. The largest absolute Gasteiger partial charge is 0.493 e. The van der Waals surface area contributed by atoms with Gasteiger partial charge in [-0.2, -0.15) is 0 Å². The molecule has 19 heavy (non-hydrogen) atoms. The summed E-state index contributed by atoms with van der Waals surface area (Å²) in [6, 6.07) is 10.9. The van der Waals surface area contributed by atoms with E-state index in [1.807, 2.05) is 0 Å². The number of benzene rings is 1. The maximum atomic E-state index is 12.7. The van der Waals surface area contributed by atoms with Crippen LogP contribution in [0.25, 0.3) is 0 Å². The number of hydrogen-bond acceptors (Lipinski definition) is 3. The van der Waals surface area contributed by atoms with E-state index in [2.05, 4.69) is 10.3 Å². The molecule has 0 spiro atoms. The number of nitrogens with one attached hydrogen (secondary N) is 1. The fraction of sp³-hybridized carbons (Fsp3) is 0.143. The molecule has 0 saturated heterocycles. The molecule has 1 N–H and O–H groups in total. The number of halogens is 1. The van der Waals surface area contributed by atoms with Crippen molar-refractivity contribution in [3.63, 3.8) is 0 Å². The highest BCUT2D eigenvalue weighted by atomic mass is 19.1. The third kappa shape index (κ3) is 4.39. The summed E-state index contributed by atoms with van der Waals surface area (Å²) in [5, 5.41) is 2.65. The Hall–Kier alpha value is -2.43. The van der Waals surface area contributed by atoms with Gasteiger partial charge in [0.2, 0.25) is 5.91 Å². The van der Waals surface area contributed by atoms with Crippen LogP contribution in [-0.4, -0.2) is 17.5 Å². The van der Waals surface area contributed by atoms with Gasteiger partial charge >= 0.3 is 0 Å². The molecule has 0 bridgehead atoms. The van der Waals surface area contributed by atoms with Crippen molar-refractivity contribution in [2.24, 2.45) is 0 Å². The molecule has 0 saturated carbocycles. The third-order valence-electron chi connectivity index (χ3n) is 2.34. The summed E-state index contributed by atoms with van der Waals surface area (Å²) in [4.78, 5) is 15.5. The molecule has 98 valence electrons. The van der Waals surface area contributed by atoms with Crippen LogP contribution in [0.4, 0.5) is 10.2 Å². The highest BCUT2D eigenvalue weighted by Crippen LogP contribution is 2.11. The summed E-state index contributed by atoms with van der Waals surface area (Å²) in [5.41, 5.74) is 0. The zero-order valence-electron chi connectivity index (χ0n) is 10.2. The smallest absolute Gasteiger partial charge is 0.228 e. The van der Waals surface area contributed by atoms with Gasteiger partial charge in [-0.1, -0.05) is 6.07 Å². The van der Waals surface area contributed by atoms with Gasteiger partial charge in [0.1, 0.15) is 17.4 Å². The average Bonchev–Trinajstić information content (AvgIpc) is 2.42. The van der Waals surface area contributed by atoms with Crippen molar-refractivity contribution in [1.29, 1.82) is 0 Å². The van der Waals surface area contributed by atoms with Crippen LogP contribution in [0, 0.1) is 5.82 Å². The third-order valence-corrected chi connectivity index (χ3v) is 2.34. The molecule has 2 aromatic rings. The van der Waals surface area contributed by atoms with Gasteiger partial charge in [-0.3, -0.25) is 4.79 Å². The number of carbonyl (C=O) groups is 1. The van der Waals surface area contributed by atoms with E-state index in [4.69, 9.17) is 4.74 Å². The van der Waals surface area contributed by atoms with Crippen molar-refractivity contribution in [2.45, 2.75) is 6.42 Å². The van der Waals surface area contributed by atoms with Crippen molar-refractivity contribution >= 4 is 11.7 Å². The summed E-state index contributed by atoms with van der Waals surface area (Å²) < 4.78 is 18.0. The molecule has 1 aromatic carbocycles. The lowest BCUT2D eigenvalue weighted by atomic mass is 10.3. The molecule has 2 rings (SSSR count). The van der Waals surface area contributed by atoms with Gasteiger partial charge in [-0.15, -0.1) is 0 Å². The molecule has 0 aliphatic heterocycles. The van der Waals surface area contributed by atoms with Gasteiger partial charge in [0.15, 0.2) is 0 Å². The lowest BCUT2D eigenvalue weighted by Crippen LogP contribution is -2.15. The number of anilines is 1. The summed E-state index contributed by atoms with van der Waals surface area (Å²) in [5.74, 6) is 0.544. The Morgan fingerprint density at radius 2 is 2.00 bits per heavy atom. The second-order valence-corrected chi connectivity index (χ2v) is 3.82. The minimum atomic E-state index is -0.319. The first-order valence-corrected chi connectivity index (χ1v) is 5.83. The van der Waals surface area contributed by atoms with E-state index in [1.54, 1.807) is 24.4 Å². The van der Waals surface area contributed by atoms with Crippen LogP contribution in [0.2, 0.25) is 0 Å². The molecule has 0 unspecified atom stereocenters. The number of carbonyl (C=O) groups excluding carboxylic acids is 1. The molecule has 0 fully saturated rings. The monoisotopic (exact) mass is 260 g/mol. The summed E-state index contributed by atoms with van der Waals surface area (Å²) in [7, 11) is 0. The predicted molar refractivity (Wildman–Crippen MR) is 69.4 cm³/mol. The van der Waals surface area contributed by atoms with Crippen LogP contribution in [0.3, 0.4) is 0 Å². The minimum Gasteiger partial charge on any atom is -0.493 e.